The lowest BCUT2D eigenvalue weighted by atomic mass is 10.0. The lowest BCUT2D eigenvalue weighted by Crippen LogP contribution is -2.28. The Morgan fingerprint density at radius 1 is 1.17 bits per heavy atom. The van der Waals surface area contributed by atoms with Gasteiger partial charge in [0.2, 0.25) is 0 Å². The normalized spacial score (nSPS) is 18.2. The van der Waals surface area contributed by atoms with Crippen molar-refractivity contribution in [2.24, 2.45) is 0 Å². The fourth-order valence-corrected chi connectivity index (χ4v) is 2.64. The summed E-state index contributed by atoms with van der Waals surface area (Å²) in [6.45, 7) is 4.58. The maximum absolute atomic E-state index is 3.49. The van der Waals surface area contributed by atoms with E-state index in [1.54, 1.807) is 0 Å². The van der Waals surface area contributed by atoms with E-state index in [1.165, 1.54) is 30.8 Å². The standard InChI is InChI=1S/C15H25N3/c1-17(2)9-6-10-18(3)12-13-11-16-15-8-5-4-7-14(13)15/h4-5,7-8,13,16H,6,9-12H2,1-3H3. The van der Waals surface area contributed by atoms with Crippen molar-refractivity contribution in [3.8, 4) is 0 Å². The number of hydrogen-bond donors (Lipinski definition) is 1. The van der Waals surface area contributed by atoms with Crippen LogP contribution in [-0.2, 0) is 0 Å². The highest BCUT2D eigenvalue weighted by molar-refractivity contribution is 5.57. The molecule has 3 heteroatoms. The molecule has 0 amide bonds. The first kappa shape index (κ1) is 13.4. The van der Waals surface area contributed by atoms with Crippen LogP contribution >= 0.6 is 0 Å². The lowest BCUT2D eigenvalue weighted by Gasteiger charge is -2.21. The van der Waals surface area contributed by atoms with Gasteiger partial charge in [-0.15, -0.1) is 0 Å². The number of benzene rings is 1. The molecular formula is C15H25N3. The predicted molar refractivity (Wildman–Crippen MR) is 78.3 cm³/mol. The van der Waals surface area contributed by atoms with E-state index in [0.29, 0.717) is 5.92 Å². The Morgan fingerprint density at radius 2 is 1.94 bits per heavy atom. The van der Waals surface area contributed by atoms with E-state index in [-0.39, 0.29) is 0 Å². The van der Waals surface area contributed by atoms with E-state index in [2.05, 4.69) is 60.5 Å². The minimum Gasteiger partial charge on any atom is -0.384 e. The van der Waals surface area contributed by atoms with Gasteiger partial charge in [0.05, 0.1) is 0 Å². The Labute approximate surface area is 111 Å². The molecule has 1 heterocycles. The summed E-state index contributed by atoms with van der Waals surface area (Å²) in [5, 5.41) is 3.49. The SMILES string of the molecule is CN(C)CCCN(C)CC1CNc2ccccc21. The van der Waals surface area contributed by atoms with Gasteiger partial charge in [-0.3, -0.25) is 0 Å². The quantitative estimate of drug-likeness (QED) is 0.830. The van der Waals surface area contributed by atoms with Crippen LogP contribution in [0.25, 0.3) is 0 Å². The molecule has 1 aliphatic rings. The van der Waals surface area contributed by atoms with Gasteiger partial charge in [-0.2, -0.15) is 0 Å². The van der Waals surface area contributed by atoms with Crippen molar-refractivity contribution in [1.82, 2.24) is 9.80 Å². The smallest absolute Gasteiger partial charge is 0.0376 e. The number of fused-ring (bicyclic) bond motifs is 1. The zero-order chi connectivity index (χ0) is 13.0. The van der Waals surface area contributed by atoms with Crippen LogP contribution in [0.5, 0.6) is 0 Å². The van der Waals surface area contributed by atoms with Gasteiger partial charge in [-0.1, -0.05) is 18.2 Å². The lowest BCUT2D eigenvalue weighted by molar-refractivity contribution is 0.289. The largest absolute Gasteiger partial charge is 0.384 e. The van der Waals surface area contributed by atoms with Gasteiger partial charge >= 0.3 is 0 Å². The van der Waals surface area contributed by atoms with Crippen LogP contribution < -0.4 is 5.32 Å². The Balaban J connectivity index is 1.80. The van der Waals surface area contributed by atoms with Crippen molar-refractivity contribution in [1.29, 1.82) is 0 Å². The Hall–Kier alpha value is -1.06. The highest BCUT2D eigenvalue weighted by Crippen LogP contribution is 2.31. The number of anilines is 1. The average Bonchev–Trinajstić information content (AvgIpc) is 2.72. The second kappa shape index (κ2) is 6.21. The highest BCUT2D eigenvalue weighted by atomic mass is 15.1. The third kappa shape index (κ3) is 3.47. The first-order valence-electron chi connectivity index (χ1n) is 6.83. The third-order valence-electron chi connectivity index (χ3n) is 3.62. The molecule has 3 nitrogen and oxygen atoms in total. The summed E-state index contributed by atoms with van der Waals surface area (Å²) in [6, 6.07) is 8.69. The number of nitrogens with zero attached hydrogens (tertiary/aromatic N) is 2. The molecule has 0 saturated carbocycles. The first-order valence-corrected chi connectivity index (χ1v) is 6.83. The predicted octanol–water partition coefficient (Wildman–Crippen LogP) is 2.08. The molecule has 18 heavy (non-hydrogen) atoms. The molecule has 1 aromatic carbocycles. The molecule has 1 aromatic rings. The van der Waals surface area contributed by atoms with Crippen LogP contribution in [0.1, 0.15) is 17.9 Å². The van der Waals surface area contributed by atoms with Crippen LogP contribution in [0.3, 0.4) is 0 Å². The number of likely N-dealkylation sites (N-methyl/N-ethyl adjacent to an activating group) is 1. The van der Waals surface area contributed by atoms with Crippen LogP contribution in [-0.4, -0.2) is 57.1 Å². The zero-order valence-corrected chi connectivity index (χ0v) is 11.8. The van der Waals surface area contributed by atoms with Crippen molar-refractivity contribution in [3.63, 3.8) is 0 Å². The second-order valence-electron chi connectivity index (χ2n) is 5.58. The minimum atomic E-state index is 0.644. The summed E-state index contributed by atoms with van der Waals surface area (Å²) in [5.41, 5.74) is 2.81. The number of rotatable bonds is 6. The molecule has 0 aromatic heterocycles. The number of nitrogens with one attached hydrogen (secondary N) is 1. The maximum atomic E-state index is 3.49. The average molecular weight is 247 g/mol. The van der Waals surface area contributed by atoms with Gasteiger partial charge in [-0.05, 0) is 52.3 Å². The summed E-state index contributed by atoms with van der Waals surface area (Å²) in [7, 11) is 6.50. The molecular weight excluding hydrogens is 222 g/mol. The van der Waals surface area contributed by atoms with Crippen LogP contribution in [0.15, 0.2) is 24.3 Å². The van der Waals surface area contributed by atoms with Crippen molar-refractivity contribution in [3.05, 3.63) is 29.8 Å². The fraction of sp³-hybridized carbons (Fsp3) is 0.600. The van der Waals surface area contributed by atoms with Gasteiger partial charge in [-0.25, -0.2) is 0 Å². The summed E-state index contributed by atoms with van der Waals surface area (Å²) in [5.74, 6) is 0.644. The molecule has 2 rings (SSSR count). The Kier molecular flexibility index (Phi) is 4.61. The minimum absolute atomic E-state index is 0.644. The van der Waals surface area contributed by atoms with Gasteiger partial charge < -0.3 is 15.1 Å². The summed E-state index contributed by atoms with van der Waals surface area (Å²) in [6.07, 6.45) is 1.24. The maximum Gasteiger partial charge on any atom is 0.0376 e. The highest BCUT2D eigenvalue weighted by Gasteiger charge is 2.22. The molecule has 0 bridgehead atoms. The topological polar surface area (TPSA) is 18.5 Å². The van der Waals surface area contributed by atoms with Gasteiger partial charge in [0.25, 0.3) is 0 Å². The molecule has 0 saturated heterocycles. The van der Waals surface area contributed by atoms with Crippen LogP contribution in [0.4, 0.5) is 5.69 Å². The molecule has 1 aliphatic heterocycles. The number of hydrogen-bond acceptors (Lipinski definition) is 3. The molecule has 0 aliphatic carbocycles. The molecule has 1 atom stereocenters. The molecule has 1 N–H and O–H groups in total. The van der Waals surface area contributed by atoms with Crippen molar-refractivity contribution in [2.75, 3.05) is 52.6 Å². The van der Waals surface area contributed by atoms with Gasteiger partial charge in [0, 0.05) is 24.7 Å². The Morgan fingerprint density at radius 3 is 2.72 bits per heavy atom. The molecule has 0 radical (unpaired) electrons. The van der Waals surface area contributed by atoms with Crippen molar-refractivity contribution >= 4 is 5.69 Å². The van der Waals surface area contributed by atoms with Gasteiger partial charge in [0.1, 0.15) is 0 Å². The molecule has 0 fully saturated rings. The molecule has 100 valence electrons. The van der Waals surface area contributed by atoms with Crippen LogP contribution in [0, 0.1) is 0 Å². The molecule has 1 unspecified atom stereocenters. The second-order valence-corrected chi connectivity index (χ2v) is 5.58. The fourth-order valence-electron chi connectivity index (χ4n) is 2.64. The summed E-state index contributed by atoms with van der Waals surface area (Å²) in [4.78, 5) is 4.71. The van der Waals surface area contributed by atoms with E-state index in [4.69, 9.17) is 0 Å². The first-order chi connectivity index (χ1) is 8.66. The monoisotopic (exact) mass is 247 g/mol. The van der Waals surface area contributed by atoms with Crippen molar-refractivity contribution < 1.29 is 0 Å². The zero-order valence-electron chi connectivity index (χ0n) is 11.8. The van der Waals surface area contributed by atoms with Crippen molar-refractivity contribution in [2.45, 2.75) is 12.3 Å². The van der Waals surface area contributed by atoms with Gasteiger partial charge in [0.15, 0.2) is 0 Å². The third-order valence-corrected chi connectivity index (χ3v) is 3.62. The van der Waals surface area contributed by atoms with Crippen LogP contribution in [0.2, 0.25) is 0 Å². The van der Waals surface area contributed by atoms with E-state index >= 15 is 0 Å². The van der Waals surface area contributed by atoms with E-state index in [9.17, 15) is 0 Å². The van der Waals surface area contributed by atoms with E-state index in [1.807, 2.05) is 0 Å². The Bertz CT molecular complexity index is 376. The van der Waals surface area contributed by atoms with E-state index < -0.39 is 0 Å². The number of para-hydroxylation sites is 1. The van der Waals surface area contributed by atoms with E-state index in [0.717, 1.165) is 13.1 Å². The summed E-state index contributed by atoms with van der Waals surface area (Å²) >= 11 is 0. The molecule has 0 spiro atoms. The summed E-state index contributed by atoms with van der Waals surface area (Å²) < 4.78 is 0.